The van der Waals surface area contributed by atoms with Crippen LogP contribution in [0, 0.1) is 0 Å². The first kappa shape index (κ1) is 13.0. The second-order valence-electron chi connectivity index (χ2n) is 6.12. The second-order valence-corrected chi connectivity index (χ2v) is 6.12. The molecule has 1 aliphatic heterocycles. The Hall–Kier alpha value is -1.65. The third kappa shape index (κ3) is 2.87. The van der Waals surface area contributed by atoms with Gasteiger partial charge in [-0.1, -0.05) is 30.3 Å². The normalized spacial score (nSPS) is 20.2. The fourth-order valence-electron chi connectivity index (χ4n) is 3.16. The number of hydrogen-bond donors (Lipinski definition) is 1. The van der Waals surface area contributed by atoms with E-state index in [9.17, 15) is 0 Å². The SMILES string of the molecule is c1ccc(C(CNC2CC2)N2CCn3ccnc3C2)cc1. The number of nitrogens with one attached hydrogen (secondary N) is 1. The molecule has 0 saturated heterocycles. The average molecular weight is 282 g/mol. The molecule has 0 amide bonds. The van der Waals surface area contributed by atoms with Crippen LogP contribution in [-0.4, -0.2) is 33.6 Å². The van der Waals surface area contributed by atoms with Gasteiger partial charge in [-0.2, -0.15) is 0 Å². The van der Waals surface area contributed by atoms with E-state index in [-0.39, 0.29) is 0 Å². The van der Waals surface area contributed by atoms with Crippen molar-refractivity contribution in [3.05, 3.63) is 54.1 Å². The molecule has 4 heteroatoms. The van der Waals surface area contributed by atoms with Crippen molar-refractivity contribution in [1.82, 2.24) is 19.8 Å². The van der Waals surface area contributed by atoms with Crippen LogP contribution in [0.5, 0.6) is 0 Å². The maximum atomic E-state index is 4.49. The first-order chi connectivity index (χ1) is 10.4. The van der Waals surface area contributed by atoms with Crippen molar-refractivity contribution in [3.63, 3.8) is 0 Å². The molecule has 0 bridgehead atoms. The van der Waals surface area contributed by atoms with Crippen LogP contribution < -0.4 is 5.32 Å². The summed E-state index contributed by atoms with van der Waals surface area (Å²) in [7, 11) is 0. The van der Waals surface area contributed by atoms with Gasteiger partial charge in [-0.15, -0.1) is 0 Å². The molecule has 2 aromatic rings. The molecular formula is C17H22N4. The van der Waals surface area contributed by atoms with Gasteiger partial charge in [0.05, 0.1) is 6.54 Å². The first-order valence-electron chi connectivity index (χ1n) is 7.92. The molecule has 1 aromatic carbocycles. The lowest BCUT2D eigenvalue weighted by atomic mass is 10.0. The molecule has 1 aromatic heterocycles. The molecule has 1 atom stereocenters. The Kier molecular flexibility index (Phi) is 3.49. The highest BCUT2D eigenvalue weighted by molar-refractivity contribution is 5.20. The van der Waals surface area contributed by atoms with Gasteiger partial charge in [0.15, 0.2) is 0 Å². The summed E-state index contributed by atoms with van der Waals surface area (Å²) in [6, 6.07) is 12.1. The molecule has 1 saturated carbocycles. The van der Waals surface area contributed by atoms with Gasteiger partial charge >= 0.3 is 0 Å². The average Bonchev–Trinajstić information content (AvgIpc) is 3.24. The van der Waals surface area contributed by atoms with E-state index < -0.39 is 0 Å². The standard InChI is InChI=1S/C17H22N4/c1-2-4-14(5-3-1)16(12-19-15-6-7-15)21-11-10-20-9-8-18-17(20)13-21/h1-5,8-9,15-16,19H,6-7,10-13H2. The smallest absolute Gasteiger partial charge is 0.122 e. The van der Waals surface area contributed by atoms with E-state index in [2.05, 4.69) is 56.3 Å². The lowest BCUT2D eigenvalue weighted by Gasteiger charge is -2.35. The number of rotatable bonds is 5. The molecule has 110 valence electrons. The number of hydrogen-bond acceptors (Lipinski definition) is 3. The number of fused-ring (bicyclic) bond motifs is 1. The van der Waals surface area contributed by atoms with Crippen LogP contribution in [-0.2, 0) is 13.1 Å². The number of nitrogens with zero attached hydrogens (tertiary/aromatic N) is 3. The number of imidazole rings is 1. The summed E-state index contributed by atoms with van der Waals surface area (Å²) in [6.45, 7) is 4.12. The summed E-state index contributed by atoms with van der Waals surface area (Å²) in [5, 5.41) is 3.70. The Morgan fingerprint density at radius 2 is 2.05 bits per heavy atom. The molecule has 0 spiro atoms. The minimum atomic E-state index is 0.442. The zero-order valence-corrected chi connectivity index (χ0v) is 12.3. The minimum Gasteiger partial charge on any atom is -0.333 e. The van der Waals surface area contributed by atoms with Crippen molar-refractivity contribution in [1.29, 1.82) is 0 Å². The van der Waals surface area contributed by atoms with Crippen LogP contribution in [0.25, 0.3) is 0 Å². The van der Waals surface area contributed by atoms with Gasteiger partial charge in [0, 0.05) is 44.1 Å². The summed E-state index contributed by atoms with van der Waals surface area (Å²) in [5.41, 5.74) is 1.41. The summed E-state index contributed by atoms with van der Waals surface area (Å²) < 4.78 is 2.27. The van der Waals surface area contributed by atoms with E-state index in [1.807, 2.05) is 6.20 Å². The van der Waals surface area contributed by atoms with E-state index >= 15 is 0 Å². The lowest BCUT2D eigenvalue weighted by molar-refractivity contribution is 0.149. The summed E-state index contributed by atoms with van der Waals surface area (Å²) in [4.78, 5) is 7.05. The monoisotopic (exact) mass is 282 g/mol. The molecule has 1 unspecified atom stereocenters. The lowest BCUT2D eigenvalue weighted by Crippen LogP contribution is -2.41. The van der Waals surface area contributed by atoms with Gasteiger partial charge in [-0.25, -0.2) is 4.98 Å². The van der Waals surface area contributed by atoms with Crippen LogP contribution >= 0.6 is 0 Å². The van der Waals surface area contributed by atoms with Gasteiger partial charge in [-0.05, 0) is 18.4 Å². The van der Waals surface area contributed by atoms with E-state index in [1.54, 1.807) is 0 Å². The quantitative estimate of drug-likeness (QED) is 0.912. The van der Waals surface area contributed by atoms with Gasteiger partial charge < -0.3 is 9.88 Å². The summed E-state index contributed by atoms with van der Waals surface area (Å²) in [6.07, 6.45) is 6.68. The van der Waals surface area contributed by atoms with Crippen molar-refractivity contribution < 1.29 is 0 Å². The summed E-state index contributed by atoms with van der Waals surface area (Å²) >= 11 is 0. The molecule has 4 rings (SSSR count). The number of benzene rings is 1. The Labute approximate surface area is 125 Å². The van der Waals surface area contributed by atoms with Crippen LogP contribution in [0.4, 0.5) is 0 Å². The molecule has 1 aliphatic carbocycles. The molecule has 21 heavy (non-hydrogen) atoms. The fraction of sp³-hybridized carbons (Fsp3) is 0.471. The largest absolute Gasteiger partial charge is 0.333 e. The third-order valence-corrected chi connectivity index (χ3v) is 4.58. The zero-order chi connectivity index (χ0) is 14.1. The van der Waals surface area contributed by atoms with Crippen molar-refractivity contribution in [3.8, 4) is 0 Å². The van der Waals surface area contributed by atoms with Gasteiger partial charge in [0.2, 0.25) is 0 Å². The van der Waals surface area contributed by atoms with E-state index in [0.29, 0.717) is 6.04 Å². The van der Waals surface area contributed by atoms with Gasteiger partial charge in [0.25, 0.3) is 0 Å². The highest BCUT2D eigenvalue weighted by atomic mass is 15.3. The highest BCUT2D eigenvalue weighted by Gasteiger charge is 2.28. The zero-order valence-electron chi connectivity index (χ0n) is 12.3. The predicted octanol–water partition coefficient (Wildman–Crippen LogP) is 2.19. The van der Waals surface area contributed by atoms with Gasteiger partial charge in [0.1, 0.15) is 5.82 Å². The Balaban J connectivity index is 1.54. The minimum absolute atomic E-state index is 0.442. The van der Waals surface area contributed by atoms with Crippen molar-refractivity contribution in [2.24, 2.45) is 0 Å². The third-order valence-electron chi connectivity index (χ3n) is 4.58. The van der Waals surface area contributed by atoms with Crippen LogP contribution in [0.1, 0.15) is 30.3 Å². The molecule has 2 heterocycles. The van der Waals surface area contributed by atoms with E-state index in [0.717, 1.165) is 32.2 Å². The number of aromatic nitrogens is 2. The first-order valence-corrected chi connectivity index (χ1v) is 7.92. The van der Waals surface area contributed by atoms with Crippen LogP contribution in [0.15, 0.2) is 42.7 Å². The predicted molar refractivity (Wildman–Crippen MR) is 82.8 cm³/mol. The Bertz CT molecular complexity index is 588. The molecule has 1 fully saturated rings. The van der Waals surface area contributed by atoms with Crippen molar-refractivity contribution >= 4 is 0 Å². The van der Waals surface area contributed by atoms with Gasteiger partial charge in [-0.3, -0.25) is 4.90 Å². The summed E-state index contributed by atoms with van der Waals surface area (Å²) in [5.74, 6) is 1.19. The van der Waals surface area contributed by atoms with Crippen molar-refractivity contribution in [2.75, 3.05) is 13.1 Å². The van der Waals surface area contributed by atoms with Crippen LogP contribution in [0.2, 0.25) is 0 Å². The van der Waals surface area contributed by atoms with Crippen molar-refractivity contribution in [2.45, 2.75) is 38.0 Å². The highest BCUT2D eigenvalue weighted by Crippen LogP contribution is 2.26. The molecule has 2 aliphatic rings. The molecule has 0 radical (unpaired) electrons. The molecular weight excluding hydrogens is 260 g/mol. The van der Waals surface area contributed by atoms with E-state index in [4.69, 9.17) is 0 Å². The molecule has 1 N–H and O–H groups in total. The Morgan fingerprint density at radius 3 is 2.86 bits per heavy atom. The molecule has 4 nitrogen and oxygen atoms in total. The maximum Gasteiger partial charge on any atom is 0.122 e. The van der Waals surface area contributed by atoms with E-state index in [1.165, 1.54) is 24.2 Å². The fourth-order valence-corrected chi connectivity index (χ4v) is 3.16. The topological polar surface area (TPSA) is 33.1 Å². The second kappa shape index (κ2) is 5.62. The van der Waals surface area contributed by atoms with Crippen LogP contribution in [0.3, 0.4) is 0 Å². The maximum absolute atomic E-state index is 4.49. The Morgan fingerprint density at radius 1 is 1.19 bits per heavy atom.